The Hall–Kier alpha value is -2.31. The van der Waals surface area contributed by atoms with Crippen molar-refractivity contribution in [2.75, 3.05) is 12.3 Å². The van der Waals surface area contributed by atoms with E-state index in [1.54, 1.807) is 0 Å². The number of nitrogens with two attached hydrogens (primary N) is 2. The molecule has 0 fully saturated rings. The molecule has 7 nitrogen and oxygen atoms in total. The van der Waals surface area contributed by atoms with E-state index in [-0.39, 0.29) is 18.6 Å². The molecule has 1 rings (SSSR count). The Kier molecular flexibility index (Phi) is 3.65. The van der Waals surface area contributed by atoms with Gasteiger partial charge in [-0.3, -0.25) is 14.4 Å². The molecule has 0 saturated heterocycles. The molecule has 0 bridgehead atoms. The molecule has 0 spiro atoms. The number of aromatic nitrogens is 1. The van der Waals surface area contributed by atoms with Gasteiger partial charge in [-0.1, -0.05) is 0 Å². The molecule has 2 amide bonds. The summed E-state index contributed by atoms with van der Waals surface area (Å²) in [6.45, 7) is -0.451. The van der Waals surface area contributed by atoms with Gasteiger partial charge in [0, 0.05) is 18.0 Å². The molecule has 1 aromatic rings. The van der Waals surface area contributed by atoms with Crippen molar-refractivity contribution >= 4 is 17.5 Å². The van der Waals surface area contributed by atoms with Crippen LogP contribution in [0, 0.1) is 0 Å². The maximum absolute atomic E-state index is 11.3. The highest BCUT2D eigenvalue weighted by molar-refractivity contribution is 5.83. The standard InChI is InChI=1S/C9H12N4O3/c10-6-1-2-9(16)13(4-6)5-8(15)12-3-7(11)14/h1-2,4H,3,5,10H2,(H2,11,14)(H,12,15). The summed E-state index contributed by atoms with van der Waals surface area (Å²) >= 11 is 0. The third-order valence-corrected chi connectivity index (χ3v) is 1.78. The van der Waals surface area contributed by atoms with Crippen LogP contribution in [-0.4, -0.2) is 22.9 Å². The summed E-state index contributed by atoms with van der Waals surface area (Å²) in [5.41, 5.74) is 10.3. The molecule has 5 N–H and O–H groups in total. The summed E-state index contributed by atoms with van der Waals surface area (Å²) in [5.74, 6) is -1.13. The number of pyridine rings is 1. The van der Waals surface area contributed by atoms with Gasteiger partial charge in [-0.05, 0) is 6.07 Å². The van der Waals surface area contributed by atoms with Crippen LogP contribution in [0.5, 0.6) is 0 Å². The van der Waals surface area contributed by atoms with Gasteiger partial charge >= 0.3 is 0 Å². The lowest BCUT2D eigenvalue weighted by atomic mass is 10.4. The van der Waals surface area contributed by atoms with Crippen LogP contribution in [0.25, 0.3) is 0 Å². The molecule has 86 valence electrons. The molecular formula is C9H12N4O3. The van der Waals surface area contributed by atoms with E-state index in [1.807, 2.05) is 0 Å². The molecule has 1 aromatic heterocycles. The third kappa shape index (κ3) is 3.45. The van der Waals surface area contributed by atoms with E-state index >= 15 is 0 Å². The first-order valence-corrected chi connectivity index (χ1v) is 4.50. The largest absolute Gasteiger partial charge is 0.398 e. The zero-order valence-corrected chi connectivity index (χ0v) is 8.47. The summed E-state index contributed by atoms with van der Waals surface area (Å²) in [6, 6.07) is 2.71. The van der Waals surface area contributed by atoms with Gasteiger partial charge in [-0.25, -0.2) is 0 Å². The monoisotopic (exact) mass is 224 g/mol. The Morgan fingerprint density at radius 2 is 2.06 bits per heavy atom. The fourth-order valence-electron chi connectivity index (χ4n) is 1.07. The Balaban J connectivity index is 2.66. The SMILES string of the molecule is NC(=O)CNC(=O)Cn1cc(N)ccc1=O. The third-order valence-electron chi connectivity index (χ3n) is 1.78. The normalized spacial score (nSPS) is 9.75. The first-order chi connectivity index (χ1) is 7.49. The van der Waals surface area contributed by atoms with Gasteiger partial charge in [0.15, 0.2) is 0 Å². The van der Waals surface area contributed by atoms with E-state index in [0.717, 1.165) is 4.57 Å². The minimum Gasteiger partial charge on any atom is -0.398 e. The molecule has 0 aliphatic rings. The first-order valence-electron chi connectivity index (χ1n) is 4.50. The van der Waals surface area contributed by atoms with Crippen molar-refractivity contribution in [3.63, 3.8) is 0 Å². The highest BCUT2D eigenvalue weighted by Gasteiger charge is 2.05. The minimum atomic E-state index is -0.645. The van der Waals surface area contributed by atoms with Crippen LogP contribution in [0.4, 0.5) is 5.69 Å². The highest BCUT2D eigenvalue weighted by atomic mass is 16.2. The van der Waals surface area contributed by atoms with Crippen LogP contribution in [-0.2, 0) is 16.1 Å². The number of hydrogen-bond acceptors (Lipinski definition) is 4. The van der Waals surface area contributed by atoms with Crippen LogP contribution in [0.1, 0.15) is 0 Å². The van der Waals surface area contributed by atoms with Crippen molar-refractivity contribution < 1.29 is 9.59 Å². The van der Waals surface area contributed by atoms with Crippen molar-refractivity contribution in [2.24, 2.45) is 5.73 Å². The number of nitrogens with zero attached hydrogens (tertiary/aromatic N) is 1. The molecule has 0 aliphatic heterocycles. The Bertz CT molecular complexity index is 466. The molecule has 0 saturated carbocycles. The van der Waals surface area contributed by atoms with Gasteiger partial charge < -0.3 is 21.4 Å². The second-order valence-electron chi connectivity index (χ2n) is 3.17. The zero-order valence-electron chi connectivity index (χ0n) is 8.47. The van der Waals surface area contributed by atoms with Crippen molar-refractivity contribution in [2.45, 2.75) is 6.54 Å². The average molecular weight is 224 g/mol. The summed E-state index contributed by atoms with van der Waals surface area (Å²) < 4.78 is 1.14. The highest BCUT2D eigenvalue weighted by Crippen LogP contribution is 1.95. The number of nitrogens with one attached hydrogen (secondary N) is 1. The summed E-state index contributed by atoms with van der Waals surface area (Å²) in [7, 11) is 0. The lowest BCUT2D eigenvalue weighted by Gasteiger charge is -2.06. The van der Waals surface area contributed by atoms with E-state index in [4.69, 9.17) is 11.5 Å². The second kappa shape index (κ2) is 4.96. The lowest BCUT2D eigenvalue weighted by Crippen LogP contribution is -2.37. The van der Waals surface area contributed by atoms with E-state index in [0.29, 0.717) is 5.69 Å². The molecule has 0 aliphatic carbocycles. The van der Waals surface area contributed by atoms with Crippen LogP contribution in [0.2, 0.25) is 0 Å². The number of carbonyl (C=O) groups excluding carboxylic acids is 2. The molecule has 0 aromatic carbocycles. The molecular weight excluding hydrogens is 212 g/mol. The number of primary amides is 1. The predicted molar refractivity (Wildman–Crippen MR) is 57.3 cm³/mol. The van der Waals surface area contributed by atoms with Crippen LogP contribution >= 0.6 is 0 Å². The number of hydrogen-bond donors (Lipinski definition) is 3. The van der Waals surface area contributed by atoms with Crippen LogP contribution < -0.4 is 22.3 Å². The summed E-state index contributed by atoms with van der Waals surface area (Å²) in [4.78, 5) is 32.9. The van der Waals surface area contributed by atoms with Gasteiger partial charge in [0.2, 0.25) is 11.8 Å². The summed E-state index contributed by atoms with van der Waals surface area (Å²) in [6.07, 6.45) is 1.35. The second-order valence-corrected chi connectivity index (χ2v) is 3.17. The number of rotatable bonds is 4. The van der Waals surface area contributed by atoms with Gasteiger partial charge in [-0.15, -0.1) is 0 Å². The minimum absolute atomic E-state index is 0.197. The number of anilines is 1. The van der Waals surface area contributed by atoms with Gasteiger partial charge in [0.05, 0.1) is 6.54 Å². The first kappa shape index (κ1) is 11.8. The number of amides is 2. The molecule has 16 heavy (non-hydrogen) atoms. The summed E-state index contributed by atoms with van der Waals surface area (Å²) in [5, 5.41) is 2.26. The molecule has 7 heteroatoms. The molecule has 0 atom stereocenters. The van der Waals surface area contributed by atoms with Gasteiger partial charge in [0.25, 0.3) is 5.56 Å². The number of carbonyl (C=O) groups is 2. The molecule has 0 radical (unpaired) electrons. The number of nitrogen functional groups attached to an aromatic ring is 1. The topological polar surface area (TPSA) is 120 Å². The fraction of sp³-hybridized carbons (Fsp3) is 0.222. The van der Waals surface area contributed by atoms with Gasteiger partial charge in [0.1, 0.15) is 6.54 Å². The smallest absolute Gasteiger partial charge is 0.251 e. The zero-order chi connectivity index (χ0) is 12.1. The van der Waals surface area contributed by atoms with E-state index in [1.165, 1.54) is 18.3 Å². The lowest BCUT2D eigenvalue weighted by molar-refractivity contribution is -0.125. The van der Waals surface area contributed by atoms with E-state index in [2.05, 4.69) is 5.32 Å². The maximum atomic E-state index is 11.3. The Morgan fingerprint density at radius 1 is 1.38 bits per heavy atom. The van der Waals surface area contributed by atoms with Crippen molar-refractivity contribution in [3.8, 4) is 0 Å². The maximum Gasteiger partial charge on any atom is 0.251 e. The van der Waals surface area contributed by atoms with Crippen molar-refractivity contribution in [1.29, 1.82) is 0 Å². The van der Waals surface area contributed by atoms with Crippen molar-refractivity contribution in [1.82, 2.24) is 9.88 Å². The van der Waals surface area contributed by atoms with Crippen LogP contribution in [0.15, 0.2) is 23.1 Å². The fourth-order valence-corrected chi connectivity index (χ4v) is 1.07. The molecule has 0 unspecified atom stereocenters. The van der Waals surface area contributed by atoms with E-state index < -0.39 is 11.8 Å². The van der Waals surface area contributed by atoms with Crippen LogP contribution in [0.3, 0.4) is 0 Å². The quantitative estimate of drug-likeness (QED) is 0.549. The molecule has 1 heterocycles. The predicted octanol–water partition coefficient (Wildman–Crippen LogP) is -1.97. The van der Waals surface area contributed by atoms with Crippen molar-refractivity contribution in [3.05, 3.63) is 28.7 Å². The average Bonchev–Trinajstić information content (AvgIpc) is 2.20. The van der Waals surface area contributed by atoms with E-state index in [9.17, 15) is 14.4 Å². The Morgan fingerprint density at radius 3 is 2.69 bits per heavy atom. The Labute approximate surface area is 91.0 Å². The van der Waals surface area contributed by atoms with Gasteiger partial charge in [-0.2, -0.15) is 0 Å².